The molecule has 1 amide bonds. The molecule has 0 spiro atoms. The number of amides is 1. The third kappa shape index (κ3) is 2.68. The molecule has 2 N–H and O–H groups in total. The minimum atomic E-state index is -0.316. The van der Waals surface area contributed by atoms with Crippen LogP contribution in [0.4, 0.5) is 0 Å². The van der Waals surface area contributed by atoms with E-state index in [0.717, 1.165) is 49.9 Å². The highest BCUT2D eigenvalue weighted by Gasteiger charge is 2.25. The second-order valence-electron chi connectivity index (χ2n) is 5.84. The number of aromatic nitrogens is 1. The first-order chi connectivity index (χ1) is 9.15. The smallest absolute Gasteiger partial charge is 0.222 e. The van der Waals surface area contributed by atoms with E-state index in [4.69, 9.17) is 0 Å². The van der Waals surface area contributed by atoms with Crippen LogP contribution in [0.25, 0.3) is 0 Å². The lowest BCUT2D eigenvalue weighted by atomic mass is 9.95. The lowest BCUT2D eigenvalue weighted by Gasteiger charge is -2.20. The summed E-state index contributed by atoms with van der Waals surface area (Å²) in [7, 11) is 0. The molecule has 1 aromatic rings. The van der Waals surface area contributed by atoms with Gasteiger partial charge in [0.25, 0.3) is 0 Å². The number of aryl methyl sites for hydroxylation is 1. The summed E-state index contributed by atoms with van der Waals surface area (Å²) in [5.74, 6) is 0.153. The van der Waals surface area contributed by atoms with Crippen molar-refractivity contribution in [2.75, 3.05) is 0 Å². The Morgan fingerprint density at radius 2 is 2.26 bits per heavy atom. The van der Waals surface area contributed by atoms with E-state index in [2.05, 4.69) is 22.9 Å². The maximum absolute atomic E-state index is 11.8. The number of aliphatic hydroxyl groups is 1. The molecule has 4 nitrogen and oxygen atoms in total. The molecule has 0 aromatic carbocycles. The Hall–Kier alpha value is -1.29. The summed E-state index contributed by atoms with van der Waals surface area (Å²) in [5, 5.41) is 13.0. The van der Waals surface area contributed by atoms with Crippen molar-refractivity contribution in [1.29, 1.82) is 0 Å². The second-order valence-corrected chi connectivity index (χ2v) is 5.84. The third-order valence-electron chi connectivity index (χ3n) is 4.20. The van der Waals surface area contributed by atoms with Gasteiger partial charge in [0.1, 0.15) is 0 Å². The van der Waals surface area contributed by atoms with E-state index >= 15 is 0 Å². The number of aliphatic hydroxyl groups excluding tert-OH is 1. The summed E-state index contributed by atoms with van der Waals surface area (Å²) in [6.07, 6.45) is 5.40. The first-order valence-corrected chi connectivity index (χ1v) is 7.31. The summed E-state index contributed by atoms with van der Waals surface area (Å²) in [4.78, 5) is 11.8. The first-order valence-electron chi connectivity index (χ1n) is 7.31. The number of nitrogens with zero attached hydrogens (tertiary/aromatic N) is 1. The Balaban J connectivity index is 1.68. The Labute approximate surface area is 113 Å². The molecule has 104 valence electrons. The Morgan fingerprint density at radius 1 is 1.47 bits per heavy atom. The van der Waals surface area contributed by atoms with E-state index in [1.165, 1.54) is 5.69 Å². The summed E-state index contributed by atoms with van der Waals surface area (Å²) in [6.45, 7) is 2.79. The largest absolute Gasteiger partial charge is 0.388 e. The molecular formula is C15H22N2O2. The average molecular weight is 262 g/mol. The monoisotopic (exact) mass is 262 g/mol. The fourth-order valence-corrected chi connectivity index (χ4v) is 2.99. The van der Waals surface area contributed by atoms with E-state index in [1.54, 1.807) is 0 Å². The molecule has 2 aliphatic carbocycles. The number of fused-ring (bicyclic) bond motifs is 1. The molecular weight excluding hydrogens is 240 g/mol. The van der Waals surface area contributed by atoms with Crippen LogP contribution >= 0.6 is 0 Å². The summed E-state index contributed by atoms with van der Waals surface area (Å²) < 4.78 is 2.21. The maximum Gasteiger partial charge on any atom is 0.222 e. The topological polar surface area (TPSA) is 54.3 Å². The second kappa shape index (κ2) is 5.00. The maximum atomic E-state index is 11.8. The molecule has 1 atom stereocenters. The molecule has 0 bridgehead atoms. The number of hydrogen-bond donors (Lipinski definition) is 2. The van der Waals surface area contributed by atoms with E-state index in [-0.39, 0.29) is 12.0 Å². The van der Waals surface area contributed by atoms with Gasteiger partial charge in [0, 0.05) is 36.0 Å². The predicted molar refractivity (Wildman–Crippen MR) is 72.8 cm³/mol. The number of rotatable bonds is 4. The van der Waals surface area contributed by atoms with Crippen molar-refractivity contribution in [2.45, 2.75) is 64.1 Å². The van der Waals surface area contributed by atoms with Gasteiger partial charge in [0.05, 0.1) is 6.10 Å². The van der Waals surface area contributed by atoms with Crippen molar-refractivity contribution < 1.29 is 9.90 Å². The van der Waals surface area contributed by atoms with Crippen molar-refractivity contribution in [3.05, 3.63) is 23.0 Å². The molecule has 0 saturated heterocycles. The highest BCUT2D eigenvalue weighted by atomic mass is 16.3. The fraction of sp³-hybridized carbons (Fsp3) is 0.667. The molecule has 4 heteroatoms. The van der Waals surface area contributed by atoms with Gasteiger partial charge in [-0.15, -0.1) is 0 Å². The summed E-state index contributed by atoms with van der Waals surface area (Å²) >= 11 is 0. The molecule has 3 rings (SSSR count). The van der Waals surface area contributed by atoms with Gasteiger partial charge in [0.15, 0.2) is 0 Å². The predicted octanol–water partition coefficient (Wildman–Crippen LogP) is 1.83. The molecule has 1 fully saturated rings. The van der Waals surface area contributed by atoms with Gasteiger partial charge in [-0.1, -0.05) is 0 Å². The quantitative estimate of drug-likeness (QED) is 0.870. The Bertz CT molecular complexity index is 489. The normalized spacial score (nSPS) is 22.1. The van der Waals surface area contributed by atoms with Gasteiger partial charge >= 0.3 is 0 Å². The fourth-order valence-electron chi connectivity index (χ4n) is 2.99. The molecule has 1 aromatic heterocycles. The van der Waals surface area contributed by atoms with Crippen LogP contribution in [0.1, 0.15) is 55.2 Å². The zero-order valence-electron chi connectivity index (χ0n) is 11.5. The van der Waals surface area contributed by atoms with Crippen molar-refractivity contribution in [3.8, 4) is 0 Å². The van der Waals surface area contributed by atoms with Crippen LogP contribution in [0.2, 0.25) is 0 Å². The van der Waals surface area contributed by atoms with Crippen molar-refractivity contribution in [3.63, 3.8) is 0 Å². The number of hydrogen-bond acceptors (Lipinski definition) is 2. The molecule has 1 unspecified atom stereocenters. The molecule has 1 saturated carbocycles. The molecule has 1 heterocycles. The minimum absolute atomic E-state index is 0.153. The average Bonchev–Trinajstić information content (AvgIpc) is 3.11. The van der Waals surface area contributed by atoms with Crippen LogP contribution in [0.15, 0.2) is 6.07 Å². The highest BCUT2D eigenvalue weighted by Crippen LogP contribution is 2.32. The van der Waals surface area contributed by atoms with Crippen molar-refractivity contribution >= 4 is 5.91 Å². The first kappa shape index (κ1) is 12.7. The SMILES string of the molecule is Cc1cc2c(n1CCC(=O)NC1CC1)CCCC2O. The summed E-state index contributed by atoms with van der Waals surface area (Å²) in [6, 6.07) is 2.52. The van der Waals surface area contributed by atoms with Crippen LogP contribution in [-0.4, -0.2) is 21.6 Å². The van der Waals surface area contributed by atoms with Crippen LogP contribution < -0.4 is 5.32 Å². The molecule has 19 heavy (non-hydrogen) atoms. The van der Waals surface area contributed by atoms with Crippen molar-refractivity contribution in [2.24, 2.45) is 0 Å². The van der Waals surface area contributed by atoms with Crippen LogP contribution in [-0.2, 0) is 17.8 Å². The van der Waals surface area contributed by atoms with Gasteiger partial charge in [-0.05, 0) is 45.1 Å². The van der Waals surface area contributed by atoms with E-state index in [1.807, 2.05) is 0 Å². The van der Waals surface area contributed by atoms with E-state index < -0.39 is 0 Å². The zero-order valence-corrected chi connectivity index (χ0v) is 11.5. The minimum Gasteiger partial charge on any atom is -0.388 e. The van der Waals surface area contributed by atoms with Crippen LogP contribution in [0.3, 0.4) is 0 Å². The molecule has 2 aliphatic rings. The Kier molecular flexibility index (Phi) is 3.35. The van der Waals surface area contributed by atoms with Crippen LogP contribution in [0, 0.1) is 6.92 Å². The van der Waals surface area contributed by atoms with E-state index in [9.17, 15) is 9.90 Å². The number of carbonyl (C=O) groups excluding carboxylic acids is 1. The standard InChI is InChI=1S/C15H22N2O2/c1-10-9-12-13(3-2-4-14(12)18)17(10)8-7-15(19)16-11-5-6-11/h9,11,14,18H,2-8H2,1H3,(H,16,19). The molecule has 0 aliphatic heterocycles. The van der Waals surface area contributed by atoms with E-state index in [0.29, 0.717) is 12.5 Å². The van der Waals surface area contributed by atoms with Gasteiger partial charge in [-0.3, -0.25) is 4.79 Å². The van der Waals surface area contributed by atoms with Gasteiger partial charge < -0.3 is 15.0 Å². The van der Waals surface area contributed by atoms with Gasteiger partial charge in [-0.25, -0.2) is 0 Å². The zero-order chi connectivity index (χ0) is 13.4. The lowest BCUT2D eigenvalue weighted by molar-refractivity contribution is -0.121. The third-order valence-corrected chi connectivity index (χ3v) is 4.20. The van der Waals surface area contributed by atoms with Crippen LogP contribution in [0.5, 0.6) is 0 Å². The highest BCUT2D eigenvalue weighted by molar-refractivity contribution is 5.76. The van der Waals surface area contributed by atoms with Crippen molar-refractivity contribution in [1.82, 2.24) is 9.88 Å². The van der Waals surface area contributed by atoms with Gasteiger partial charge in [-0.2, -0.15) is 0 Å². The number of carbonyl (C=O) groups is 1. The molecule has 0 radical (unpaired) electrons. The summed E-state index contributed by atoms with van der Waals surface area (Å²) in [5.41, 5.74) is 3.46. The Morgan fingerprint density at radius 3 is 3.00 bits per heavy atom. The lowest BCUT2D eigenvalue weighted by Crippen LogP contribution is -2.26. The number of nitrogens with one attached hydrogen (secondary N) is 1. The van der Waals surface area contributed by atoms with Gasteiger partial charge in [0.2, 0.25) is 5.91 Å².